The zero-order valence-electron chi connectivity index (χ0n) is 21.9. The number of piperazine rings is 1. The predicted molar refractivity (Wildman–Crippen MR) is 143 cm³/mol. The van der Waals surface area contributed by atoms with Gasteiger partial charge in [0.25, 0.3) is 5.91 Å². The topological polar surface area (TPSA) is 53.1 Å². The summed E-state index contributed by atoms with van der Waals surface area (Å²) in [5.41, 5.74) is 3.39. The number of hydrogen-bond donors (Lipinski definition) is 0. The summed E-state index contributed by atoms with van der Waals surface area (Å²) in [5.74, 6) is 0.799. The van der Waals surface area contributed by atoms with Crippen molar-refractivity contribution in [2.75, 3.05) is 39.3 Å². The molecule has 0 aromatic heterocycles. The first kappa shape index (κ1) is 26.0. The van der Waals surface area contributed by atoms with Gasteiger partial charge in [0, 0.05) is 45.2 Å². The molecule has 192 valence electrons. The number of carbonyl (C=O) groups excluding carboxylic acids is 2. The molecule has 2 unspecified atom stereocenters. The fourth-order valence-electron chi connectivity index (χ4n) is 5.24. The zero-order valence-corrected chi connectivity index (χ0v) is 21.9. The van der Waals surface area contributed by atoms with E-state index >= 15 is 0 Å². The molecule has 6 heteroatoms. The Morgan fingerprint density at radius 1 is 1.03 bits per heavy atom. The van der Waals surface area contributed by atoms with E-state index in [-0.39, 0.29) is 23.8 Å². The quantitative estimate of drug-likeness (QED) is 0.519. The van der Waals surface area contributed by atoms with Gasteiger partial charge < -0.3 is 14.5 Å². The molecule has 0 radical (unpaired) electrons. The summed E-state index contributed by atoms with van der Waals surface area (Å²) in [6.07, 6.45) is 2.79. The summed E-state index contributed by atoms with van der Waals surface area (Å²) in [7, 11) is 0. The zero-order chi connectivity index (χ0) is 25.7. The number of fused-ring (bicyclic) bond motifs is 1. The van der Waals surface area contributed by atoms with Crippen molar-refractivity contribution in [2.45, 2.75) is 45.8 Å². The second kappa shape index (κ2) is 11.7. The van der Waals surface area contributed by atoms with E-state index in [0.717, 1.165) is 37.2 Å². The molecule has 1 saturated heterocycles. The van der Waals surface area contributed by atoms with E-state index in [1.165, 1.54) is 5.56 Å². The molecule has 2 atom stereocenters. The summed E-state index contributed by atoms with van der Waals surface area (Å²) in [5, 5.41) is 0. The monoisotopic (exact) mass is 489 g/mol. The molecule has 1 fully saturated rings. The van der Waals surface area contributed by atoms with Gasteiger partial charge in [0.1, 0.15) is 5.75 Å². The van der Waals surface area contributed by atoms with Crippen LogP contribution in [0.1, 0.15) is 49.9 Å². The van der Waals surface area contributed by atoms with Crippen molar-refractivity contribution in [3.63, 3.8) is 0 Å². The van der Waals surface area contributed by atoms with Crippen LogP contribution in [0.3, 0.4) is 0 Å². The van der Waals surface area contributed by atoms with E-state index in [1.807, 2.05) is 67.0 Å². The lowest BCUT2D eigenvalue weighted by Crippen LogP contribution is -2.52. The van der Waals surface area contributed by atoms with Gasteiger partial charge in [-0.05, 0) is 41.7 Å². The van der Waals surface area contributed by atoms with Gasteiger partial charge in [-0.2, -0.15) is 0 Å². The molecule has 36 heavy (non-hydrogen) atoms. The van der Waals surface area contributed by atoms with Crippen LogP contribution in [0.4, 0.5) is 0 Å². The molecule has 6 nitrogen and oxygen atoms in total. The van der Waals surface area contributed by atoms with E-state index in [2.05, 4.69) is 29.7 Å². The number of nitrogens with zero attached hydrogens (tertiary/aromatic N) is 3. The van der Waals surface area contributed by atoms with Crippen LogP contribution in [0.2, 0.25) is 0 Å². The lowest BCUT2D eigenvalue weighted by molar-refractivity contribution is -0.140. The molecule has 4 rings (SSSR count). The highest BCUT2D eigenvalue weighted by Crippen LogP contribution is 2.38. The molecule has 2 aromatic rings. The molecule has 2 aliphatic heterocycles. The van der Waals surface area contributed by atoms with Crippen LogP contribution >= 0.6 is 0 Å². The standard InChI is InChI=1S/C30H39N3O3/c1-5-15-31-17-19-32(20-18-31)30(35)27(6-2)36-25-13-12-23-14-16-33(29(34)22(3)4)28(26(23)21-25)24-10-8-7-9-11-24/h5,7-13,21-22,27-28H,1,6,14-20H2,2-4H3. The lowest BCUT2D eigenvalue weighted by Gasteiger charge is -2.39. The predicted octanol–water partition coefficient (Wildman–Crippen LogP) is 4.30. The number of carbonyl (C=O) groups is 2. The van der Waals surface area contributed by atoms with E-state index in [1.54, 1.807) is 0 Å². The molecule has 2 amide bonds. The Labute approximate surface area is 215 Å². The maximum Gasteiger partial charge on any atom is 0.263 e. The molecule has 0 spiro atoms. The summed E-state index contributed by atoms with van der Waals surface area (Å²) in [6.45, 7) is 14.4. The lowest BCUT2D eigenvalue weighted by atomic mass is 9.87. The average Bonchev–Trinajstić information content (AvgIpc) is 2.91. The van der Waals surface area contributed by atoms with E-state index in [9.17, 15) is 9.59 Å². The van der Waals surface area contributed by atoms with E-state index < -0.39 is 6.10 Å². The Kier molecular flexibility index (Phi) is 8.47. The Balaban J connectivity index is 1.57. The Morgan fingerprint density at radius 2 is 1.75 bits per heavy atom. The smallest absolute Gasteiger partial charge is 0.263 e. The van der Waals surface area contributed by atoms with Crippen LogP contribution < -0.4 is 4.74 Å². The summed E-state index contributed by atoms with van der Waals surface area (Å²) < 4.78 is 6.32. The maximum absolute atomic E-state index is 13.3. The summed E-state index contributed by atoms with van der Waals surface area (Å²) >= 11 is 0. The van der Waals surface area contributed by atoms with Crippen molar-refractivity contribution < 1.29 is 14.3 Å². The SMILES string of the molecule is C=CCN1CCN(C(=O)C(CC)Oc2ccc3c(c2)C(c2ccccc2)N(C(=O)C(C)C)CC3)CC1. The van der Waals surface area contributed by atoms with Crippen molar-refractivity contribution in [3.8, 4) is 5.75 Å². The molecule has 2 aliphatic rings. The Morgan fingerprint density at radius 3 is 2.39 bits per heavy atom. The minimum absolute atomic E-state index is 0.0460. The highest BCUT2D eigenvalue weighted by atomic mass is 16.5. The van der Waals surface area contributed by atoms with Crippen LogP contribution in [0, 0.1) is 5.92 Å². The van der Waals surface area contributed by atoms with Crippen molar-refractivity contribution in [3.05, 3.63) is 77.9 Å². The third kappa shape index (κ3) is 5.65. The normalized spacial score (nSPS) is 19.1. The van der Waals surface area contributed by atoms with Gasteiger partial charge in [0.2, 0.25) is 5.91 Å². The first-order chi connectivity index (χ1) is 17.4. The molecule has 0 aliphatic carbocycles. The van der Waals surface area contributed by atoms with E-state index in [0.29, 0.717) is 31.8 Å². The maximum atomic E-state index is 13.3. The van der Waals surface area contributed by atoms with Crippen molar-refractivity contribution in [1.29, 1.82) is 0 Å². The number of hydrogen-bond acceptors (Lipinski definition) is 4. The van der Waals surface area contributed by atoms with Crippen LogP contribution in [0.25, 0.3) is 0 Å². The van der Waals surface area contributed by atoms with Gasteiger partial charge in [0.05, 0.1) is 6.04 Å². The van der Waals surface area contributed by atoms with Crippen LogP contribution in [-0.4, -0.2) is 71.9 Å². The molecule has 2 aromatic carbocycles. The van der Waals surface area contributed by atoms with E-state index in [4.69, 9.17) is 4.74 Å². The number of ether oxygens (including phenoxy) is 1. The van der Waals surface area contributed by atoms with Gasteiger partial charge >= 0.3 is 0 Å². The largest absolute Gasteiger partial charge is 0.481 e. The van der Waals surface area contributed by atoms with Gasteiger partial charge in [-0.3, -0.25) is 14.5 Å². The van der Waals surface area contributed by atoms with Gasteiger partial charge in [-0.1, -0.05) is 63.2 Å². The third-order valence-corrected chi connectivity index (χ3v) is 7.23. The second-order valence-electron chi connectivity index (χ2n) is 10.0. The van der Waals surface area contributed by atoms with Crippen molar-refractivity contribution >= 4 is 11.8 Å². The molecule has 2 heterocycles. The molecular formula is C30H39N3O3. The highest BCUT2D eigenvalue weighted by molar-refractivity contribution is 5.81. The van der Waals surface area contributed by atoms with Gasteiger partial charge in [0.15, 0.2) is 6.10 Å². The van der Waals surface area contributed by atoms with Gasteiger partial charge in [-0.15, -0.1) is 6.58 Å². The fraction of sp³-hybridized carbons (Fsp3) is 0.467. The minimum Gasteiger partial charge on any atom is -0.481 e. The van der Waals surface area contributed by atoms with Crippen molar-refractivity contribution in [2.24, 2.45) is 5.92 Å². The molecule has 0 saturated carbocycles. The van der Waals surface area contributed by atoms with Crippen molar-refractivity contribution in [1.82, 2.24) is 14.7 Å². The van der Waals surface area contributed by atoms with Gasteiger partial charge in [-0.25, -0.2) is 0 Å². The molecule has 0 bridgehead atoms. The van der Waals surface area contributed by atoms with Crippen LogP contribution in [-0.2, 0) is 16.0 Å². The number of amides is 2. The highest BCUT2D eigenvalue weighted by Gasteiger charge is 2.34. The van der Waals surface area contributed by atoms with Crippen LogP contribution in [0.15, 0.2) is 61.2 Å². The fourth-order valence-corrected chi connectivity index (χ4v) is 5.24. The second-order valence-corrected chi connectivity index (χ2v) is 10.0. The first-order valence-electron chi connectivity index (χ1n) is 13.2. The van der Waals surface area contributed by atoms with Crippen LogP contribution in [0.5, 0.6) is 5.75 Å². The third-order valence-electron chi connectivity index (χ3n) is 7.23. The minimum atomic E-state index is -0.527. The Bertz CT molecular complexity index is 1060. The molecular weight excluding hydrogens is 450 g/mol. The number of benzene rings is 2. The average molecular weight is 490 g/mol. The summed E-state index contributed by atoms with van der Waals surface area (Å²) in [6, 6.07) is 16.1. The summed E-state index contributed by atoms with van der Waals surface area (Å²) in [4.78, 5) is 32.7. The Hall–Kier alpha value is -3.12. The number of rotatable bonds is 8. The first-order valence-corrected chi connectivity index (χ1v) is 13.2. The molecule has 0 N–H and O–H groups in total.